The maximum atomic E-state index is 12.9. The number of para-hydroxylation sites is 1. The van der Waals surface area contributed by atoms with E-state index in [0.717, 1.165) is 30.3 Å². The van der Waals surface area contributed by atoms with Gasteiger partial charge in [0.25, 0.3) is 0 Å². The van der Waals surface area contributed by atoms with Gasteiger partial charge in [-0.2, -0.15) is 0 Å². The Morgan fingerprint density at radius 3 is 2.16 bits per heavy atom. The molecule has 2 aliphatic heterocycles. The largest absolute Gasteiger partial charge is 0.497 e. The number of nitrogens with one attached hydrogen (secondary N) is 2. The summed E-state index contributed by atoms with van der Waals surface area (Å²) in [6.45, 7) is 2.91. The fourth-order valence-corrected chi connectivity index (χ4v) is 4.31. The van der Waals surface area contributed by atoms with Crippen LogP contribution >= 0.6 is 0 Å². The number of aliphatic imine (C=N–C) groups is 1. The fourth-order valence-electron chi connectivity index (χ4n) is 4.31. The number of rotatable bonds is 6. The van der Waals surface area contributed by atoms with Crippen molar-refractivity contribution < 1.29 is 19.1 Å². The molecule has 3 aromatic carbocycles. The minimum absolute atomic E-state index is 0.0103. The fraction of sp³-hybridized carbons (Fsp3) is 0.250. The van der Waals surface area contributed by atoms with Crippen LogP contribution in [0.1, 0.15) is 6.42 Å². The maximum absolute atomic E-state index is 12.9. The molecule has 0 bridgehead atoms. The molecule has 1 fully saturated rings. The zero-order valence-electron chi connectivity index (χ0n) is 20.6. The van der Waals surface area contributed by atoms with Crippen molar-refractivity contribution >= 4 is 29.1 Å². The molecule has 5 rings (SSSR count). The van der Waals surface area contributed by atoms with Gasteiger partial charge in [-0.1, -0.05) is 18.2 Å². The first kappa shape index (κ1) is 24.2. The molecule has 9 nitrogen and oxygen atoms in total. The number of nitrogens with zero attached hydrogens (tertiary/aromatic N) is 3. The van der Waals surface area contributed by atoms with Crippen molar-refractivity contribution in [2.24, 2.45) is 4.99 Å². The van der Waals surface area contributed by atoms with Gasteiger partial charge in [-0.25, -0.2) is 4.99 Å². The van der Waals surface area contributed by atoms with Crippen LogP contribution in [0, 0.1) is 0 Å². The van der Waals surface area contributed by atoms with Gasteiger partial charge in [0.05, 0.1) is 13.5 Å². The average Bonchev–Trinajstić information content (AvgIpc) is 2.94. The van der Waals surface area contributed by atoms with E-state index < -0.39 is 6.04 Å². The van der Waals surface area contributed by atoms with Crippen molar-refractivity contribution in [1.82, 2.24) is 10.2 Å². The predicted octanol–water partition coefficient (Wildman–Crippen LogP) is 3.49. The first-order valence-corrected chi connectivity index (χ1v) is 12.2. The molecule has 0 spiro atoms. The number of hydrogen-bond acceptors (Lipinski definition) is 7. The molecule has 0 aliphatic carbocycles. The quantitative estimate of drug-likeness (QED) is 0.539. The van der Waals surface area contributed by atoms with E-state index in [1.54, 1.807) is 31.4 Å². The smallest absolute Gasteiger partial charge is 0.249 e. The molecular weight excluding hydrogens is 470 g/mol. The van der Waals surface area contributed by atoms with Gasteiger partial charge in [0.15, 0.2) is 0 Å². The van der Waals surface area contributed by atoms with E-state index in [0.29, 0.717) is 30.5 Å². The van der Waals surface area contributed by atoms with Crippen molar-refractivity contribution in [1.29, 1.82) is 0 Å². The molecule has 190 valence electrons. The second-order valence-corrected chi connectivity index (χ2v) is 8.82. The summed E-state index contributed by atoms with van der Waals surface area (Å²) in [7, 11) is 1.65. The number of hydrogen-bond donors (Lipinski definition) is 2. The molecule has 1 saturated heterocycles. The Labute approximate surface area is 215 Å². The zero-order valence-corrected chi connectivity index (χ0v) is 20.6. The molecule has 2 N–H and O–H groups in total. The first-order chi connectivity index (χ1) is 18.1. The van der Waals surface area contributed by atoms with Crippen molar-refractivity contribution in [3.63, 3.8) is 0 Å². The Hall–Kier alpha value is -4.53. The van der Waals surface area contributed by atoms with E-state index in [2.05, 4.69) is 20.5 Å². The van der Waals surface area contributed by atoms with E-state index in [1.807, 2.05) is 59.5 Å². The summed E-state index contributed by atoms with van der Waals surface area (Å²) in [4.78, 5) is 34.2. The molecule has 3 aromatic rings. The van der Waals surface area contributed by atoms with Gasteiger partial charge in [0, 0.05) is 37.6 Å². The Kier molecular flexibility index (Phi) is 7.21. The number of benzene rings is 3. The average molecular weight is 500 g/mol. The summed E-state index contributed by atoms with van der Waals surface area (Å²) in [5.41, 5.74) is 1.73. The van der Waals surface area contributed by atoms with Crippen molar-refractivity contribution in [2.45, 2.75) is 12.5 Å². The molecule has 0 aromatic heterocycles. The van der Waals surface area contributed by atoms with Crippen LogP contribution in [0.2, 0.25) is 0 Å². The molecule has 2 heterocycles. The van der Waals surface area contributed by atoms with Gasteiger partial charge in [-0.15, -0.1) is 0 Å². The van der Waals surface area contributed by atoms with Gasteiger partial charge >= 0.3 is 0 Å². The third-order valence-electron chi connectivity index (χ3n) is 6.33. The van der Waals surface area contributed by atoms with Gasteiger partial charge in [0.1, 0.15) is 23.3 Å². The van der Waals surface area contributed by atoms with Gasteiger partial charge in [-0.3, -0.25) is 14.9 Å². The summed E-state index contributed by atoms with van der Waals surface area (Å²) in [6.07, 6.45) is 0.0103. The standard InChI is InChI=1S/C28H29N5O4/c1-36-22-13-9-21(10-14-22)32-15-17-33(18-16-32)28-30-25(19-26(34)31-28)27(35)29-20-7-11-24(12-8-20)37-23-5-3-2-4-6-23/h2-14,25H,15-19H2,1H3,(H,29,35)(H,30,31,34)/t25-/m0/s1. The zero-order chi connectivity index (χ0) is 25.6. The van der Waals surface area contributed by atoms with Crippen LogP contribution in [0.25, 0.3) is 0 Å². The van der Waals surface area contributed by atoms with Gasteiger partial charge in [-0.05, 0) is 60.7 Å². The normalized spacial score (nSPS) is 17.5. The lowest BCUT2D eigenvalue weighted by Crippen LogP contribution is -2.56. The van der Waals surface area contributed by atoms with Crippen LogP contribution in [0.3, 0.4) is 0 Å². The topological polar surface area (TPSA) is 95.5 Å². The number of carbonyl (C=O) groups excluding carboxylic acids is 2. The van der Waals surface area contributed by atoms with E-state index in [4.69, 9.17) is 9.47 Å². The molecule has 1 atom stereocenters. The molecule has 0 saturated carbocycles. The number of piperazine rings is 1. The highest BCUT2D eigenvalue weighted by atomic mass is 16.5. The molecule has 37 heavy (non-hydrogen) atoms. The highest BCUT2D eigenvalue weighted by Gasteiger charge is 2.30. The third-order valence-corrected chi connectivity index (χ3v) is 6.33. The second-order valence-electron chi connectivity index (χ2n) is 8.82. The van der Waals surface area contributed by atoms with E-state index >= 15 is 0 Å². The Morgan fingerprint density at radius 2 is 1.49 bits per heavy atom. The third kappa shape index (κ3) is 6.00. The monoisotopic (exact) mass is 499 g/mol. The molecule has 2 aliphatic rings. The van der Waals surface area contributed by atoms with Crippen molar-refractivity contribution in [3.8, 4) is 17.2 Å². The van der Waals surface area contributed by atoms with Crippen molar-refractivity contribution in [2.75, 3.05) is 43.5 Å². The van der Waals surface area contributed by atoms with Crippen LogP contribution in [-0.2, 0) is 9.59 Å². The maximum Gasteiger partial charge on any atom is 0.249 e. The summed E-state index contributed by atoms with van der Waals surface area (Å²) >= 11 is 0. The van der Waals surface area contributed by atoms with Crippen molar-refractivity contribution in [3.05, 3.63) is 78.9 Å². The number of anilines is 2. The van der Waals surface area contributed by atoms with E-state index in [9.17, 15) is 9.59 Å². The summed E-state index contributed by atoms with van der Waals surface area (Å²) in [5, 5.41) is 5.71. The lowest BCUT2D eigenvalue weighted by atomic mass is 10.1. The number of guanidine groups is 1. The van der Waals surface area contributed by atoms with Crippen LogP contribution in [0.4, 0.5) is 11.4 Å². The predicted molar refractivity (Wildman–Crippen MR) is 142 cm³/mol. The Morgan fingerprint density at radius 1 is 0.865 bits per heavy atom. The first-order valence-electron chi connectivity index (χ1n) is 12.2. The highest BCUT2D eigenvalue weighted by Crippen LogP contribution is 2.24. The number of carbonyl (C=O) groups is 2. The molecule has 2 amide bonds. The molecule has 0 radical (unpaired) electrons. The second kappa shape index (κ2) is 11.0. The molecule has 0 unspecified atom stereocenters. The highest BCUT2D eigenvalue weighted by molar-refractivity contribution is 6.06. The van der Waals surface area contributed by atoms with Crippen LogP contribution in [0.5, 0.6) is 17.2 Å². The number of methoxy groups -OCH3 is 1. The Bertz CT molecular complexity index is 1250. The van der Waals surface area contributed by atoms with Gasteiger partial charge in [0.2, 0.25) is 17.8 Å². The number of ether oxygens (including phenoxy) is 2. The van der Waals surface area contributed by atoms with E-state index in [-0.39, 0.29) is 18.2 Å². The van der Waals surface area contributed by atoms with E-state index in [1.165, 1.54) is 0 Å². The summed E-state index contributed by atoms with van der Waals surface area (Å²) < 4.78 is 11.0. The summed E-state index contributed by atoms with van der Waals surface area (Å²) in [5.74, 6) is 2.14. The van der Waals surface area contributed by atoms with Gasteiger partial charge < -0.3 is 24.6 Å². The van der Waals surface area contributed by atoms with Crippen LogP contribution < -0.4 is 25.0 Å². The lowest BCUT2D eigenvalue weighted by Gasteiger charge is -2.38. The Balaban J connectivity index is 1.18. The minimum atomic E-state index is -0.788. The minimum Gasteiger partial charge on any atom is -0.497 e. The number of amides is 2. The molecular formula is C28H29N5O4. The SMILES string of the molecule is COc1ccc(N2CCN(C3=N[C@H](C(=O)Nc4ccc(Oc5ccccc5)cc4)CC(=O)N3)CC2)cc1. The van der Waals surface area contributed by atoms with Crippen LogP contribution in [0.15, 0.2) is 83.9 Å². The summed E-state index contributed by atoms with van der Waals surface area (Å²) in [6, 6.07) is 23.8. The van der Waals surface area contributed by atoms with Crippen LogP contribution in [-0.4, -0.2) is 62.0 Å². The lowest BCUT2D eigenvalue weighted by molar-refractivity contribution is -0.125. The molecule has 9 heteroatoms.